The van der Waals surface area contributed by atoms with Crippen molar-refractivity contribution in [2.45, 2.75) is 33.1 Å². The predicted octanol–water partition coefficient (Wildman–Crippen LogP) is 1.77. The lowest BCUT2D eigenvalue weighted by molar-refractivity contribution is -0.116. The predicted molar refractivity (Wildman–Crippen MR) is 60.7 cm³/mol. The number of carbonyl (C=O) groups is 1. The van der Waals surface area contributed by atoms with Gasteiger partial charge >= 0.3 is 0 Å². The van der Waals surface area contributed by atoms with Gasteiger partial charge in [0.05, 0.1) is 5.75 Å². The fourth-order valence-electron chi connectivity index (χ4n) is 0.993. The van der Waals surface area contributed by atoms with Crippen LogP contribution in [0.3, 0.4) is 0 Å². The number of nitrogens with one attached hydrogen (secondary N) is 1. The summed E-state index contributed by atoms with van der Waals surface area (Å²) in [7, 11) is 0. The maximum Gasteiger partial charge on any atom is 0.236 e. The van der Waals surface area contributed by atoms with Crippen molar-refractivity contribution in [1.29, 1.82) is 0 Å². The molecule has 14 heavy (non-hydrogen) atoms. The van der Waals surface area contributed by atoms with Gasteiger partial charge in [0.15, 0.2) is 5.17 Å². The molecule has 1 aliphatic heterocycles. The zero-order valence-corrected chi connectivity index (χ0v) is 9.36. The molecule has 0 aliphatic carbocycles. The van der Waals surface area contributed by atoms with E-state index in [-0.39, 0.29) is 5.91 Å². The van der Waals surface area contributed by atoms with Crippen molar-refractivity contribution < 1.29 is 4.79 Å². The average Bonchev–Trinajstić information content (AvgIpc) is 2.58. The first-order chi connectivity index (χ1) is 6.72. The number of hydrogen-bond donors (Lipinski definition) is 1. The third kappa shape index (κ3) is 3.91. The summed E-state index contributed by atoms with van der Waals surface area (Å²) in [6, 6.07) is 0. The van der Waals surface area contributed by atoms with Crippen molar-refractivity contribution >= 4 is 28.5 Å². The molecule has 0 unspecified atom stereocenters. The molecule has 1 saturated heterocycles. The van der Waals surface area contributed by atoms with Gasteiger partial charge in [-0.3, -0.25) is 4.79 Å². The van der Waals surface area contributed by atoms with Crippen LogP contribution < -0.4 is 5.32 Å². The van der Waals surface area contributed by atoms with Crippen molar-refractivity contribution in [2.24, 2.45) is 10.2 Å². The molecule has 4 nitrogen and oxygen atoms in total. The monoisotopic (exact) mass is 213 g/mol. The lowest BCUT2D eigenvalue weighted by Crippen LogP contribution is -2.19. The summed E-state index contributed by atoms with van der Waals surface area (Å²) in [4.78, 5) is 10.8. The molecule has 0 aromatic rings. The van der Waals surface area contributed by atoms with Gasteiger partial charge in [0.1, 0.15) is 0 Å². The molecule has 0 bridgehead atoms. The second kappa shape index (κ2) is 5.80. The van der Waals surface area contributed by atoms with Crippen LogP contribution in [0.4, 0.5) is 0 Å². The highest BCUT2D eigenvalue weighted by Crippen LogP contribution is 2.09. The molecule has 1 rings (SSSR count). The van der Waals surface area contributed by atoms with E-state index in [9.17, 15) is 4.79 Å². The van der Waals surface area contributed by atoms with Crippen LogP contribution in [0.25, 0.3) is 0 Å². The third-order valence-electron chi connectivity index (χ3n) is 1.79. The average molecular weight is 213 g/mol. The molecule has 0 spiro atoms. The third-order valence-corrected chi connectivity index (χ3v) is 2.65. The number of nitrogens with zero attached hydrogens (tertiary/aromatic N) is 2. The van der Waals surface area contributed by atoms with Gasteiger partial charge in [-0.15, -0.1) is 5.10 Å². The second-order valence-corrected chi connectivity index (χ2v) is 4.14. The fraction of sp³-hybridized carbons (Fsp3) is 0.667. The van der Waals surface area contributed by atoms with Gasteiger partial charge < -0.3 is 5.32 Å². The maximum atomic E-state index is 10.8. The van der Waals surface area contributed by atoms with Crippen molar-refractivity contribution in [3.63, 3.8) is 0 Å². The summed E-state index contributed by atoms with van der Waals surface area (Å²) in [6.07, 6.45) is 3.28. The van der Waals surface area contributed by atoms with E-state index in [1.54, 1.807) is 0 Å². The normalized spacial score (nSPS) is 20.3. The Balaban J connectivity index is 2.40. The highest BCUT2D eigenvalue weighted by Gasteiger charge is 2.15. The summed E-state index contributed by atoms with van der Waals surface area (Å²) in [6.45, 7) is 4.10. The number of hydrogen-bond acceptors (Lipinski definition) is 4. The summed E-state index contributed by atoms with van der Waals surface area (Å²) < 4.78 is 0. The smallest absolute Gasteiger partial charge is 0.236 e. The van der Waals surface area contributed by atoms with Crippen molar-refractivity contribution in [3.05, 3.63) is 0 Å². The van der Waals surface area contributed by atoms with Gasteiger partial charge in [-0.05, 0) is 19.8 Å². The minimum Gasteiger partial charge on any atom is -0.303 e. The van der Waals surface area contributed by atoms with Gasteiger partial charge in [0.2, 0.25) is 5.91 Å². The molecule has 0 aromatic carbocycles. The van der Waals surface area contributed by atoms with Crippen LogP contribution in [-0.2, 0) is 4.79 Å². The first kappa shape index (κ1) is 11.2. The molecule has 1 aliphatic rings. The molecule has 0 saturated carbocycles. The highest BCUT2D eigenvalue weighted by molar-refractivity contribution is 8.15. The minimum absolute atomic E-state index is 0.00941. The van der Waals surface area contributed by atoms with E-state index in [4.69, 9.17) is 0 Å². The Morgan fingerprint density at radius 3 is 3.00 bits per heavy atom. The van der Waals surface area contributed by atoms with Gasteiger partial charge in [-0.25, -0.2) is 0 Å². The molecule has 1 amide bonds. The molecular formula is C9H15N3OS. The van der Waals surface area contributed by atoms with E-state index >= 15 is 0 Å². The lowest BCUT2D eigenvalue weighted by Gasteiger charge is -1.95. The molecule has 78 valence electrons. The van der Waals surface area contributed by atoms with Crippen molar-refractivity contribution in [3.8, 4) is 0 Å². The van der Waals surface area contributed by atoms with E-state index in [2.05, 4.69) is 22.4 Å². The van der Waals surface area contributed by atoms with E-state index in [0.717, 1.165) is 25.0 Å². The van der Waals surface area contributed by atoms with Crippen molar-refractivity contribution in [1.82, 2.24) is 5.32 Å². The summed E-state index contributed by atoms with van der Waals surface area (Å²) in [5.41, 5.74) is 1.01. The fourth-order valence-corrected chi connectivity index (χ4v) is 1.62. The Hall–Kier alpha value is -0.840. The van der Waals surface area contributed by atoms with Crippen LogP contribution >= 0.6 is 11.8 Å². The topological polar surface area (TPSA) is 53.8 Å². The van der Waals surface area contributed by atoms with Crippen LogP contribution in [0.1, 0.15) is 33.1 Å². The first-order valence-corrected chi connectivity index (χ1v) is 5.74. The summed E-state index contributed by atoms with van der Waals surface area (Å²) in [5, 5.41) is 11.3. The number of amidine groups is 1. The number of rotatable bonds is 4. The van der Waals surface area contributed by atoms with Gasteiger partial charge in [-0.1, -0.05) is 25.1 Å². The molecule has 1 N–H and O–H groups in total. The van der Waals surface area contributed by atoms with E-state index in [1.165, 1.54) is 11.8 Å². The molecular weight excluding hydrogens is 198 g/mol. The standard InChI is InChI=1S/C9H15N3OS/c1-3-4-5-7(2)11-12-9-10-8(13)6-14-9/h3-6H2,1-2H3,(H,10,12,13)/b11-7-. The molecule has 1 fully saturated rings. The van der Waals surface area contributed by atoms with Crippen LogP contribution in [0.15, 0.2) is 10.2 Å². The number of amides is 1. The number of unbranched alkanes of at least 4 members (excludes halogenated alkanes) is 1. The Labute approximate surface area is 88.2 Å². The summed E-state index contributed by atoms with van der Waals surface area (Å²) in [5.74, 6) is 0.470. The van der Waals surface area contributed by atoms with Crippen LogP contribution in [0.2, 0.25) is 0 Å². The summed E-state index contributed by atoms with van der Waals surface area (Å²) >= 11 is 1.40. The van der Waals surface area contributed by atoms with Gasteiger partial charge in [-0.2, -0.15) is 5.10 Å². The molecule has 1 heterocycles. The Bertz CT molecular complexity index is 273. The molecule has 5 heteroatoms. The van der Waals surface area contributed by atoms with Crippen LogP contribution in [0, 0.1) is 0 Å². The minimum atomic E-state index is 0.00941. The van der Waals surface area contributed by atoms with Gasteiger partial charge in [0, 0.05) is 5.71 Å². The zero-order valence-electron chi connectivity index (χ0n) is 8.54. The molecule has 0 aromatic heterocycles. The quantitative estimate of drug-likeness (QED) is 0.571. The molecule has 0 radical (unpaired) electrons. The lowest BCUT2D eigenvalue weighted by atomic mass is 10.2. The SMILES string of the molecule is CCCC/C(C)=N\N=C1/NC(=O)CS1. The Kier molecular flexibility index (Phi) is 4.65. The van der Waals surface area contributed by atoms with Crippen LogP contribution in [-0.4, -0.2) is 22.5 Å². The van der Waals surface area contributed by atoms with Gasteiger partial charge in [0.25, 0.3) is 0 Å². The number of carbonyl (C=O) groups excluding carboxylic acids is 1. The van der Waals surface area contributed by atoms with E-state index in [1.807, 2.05) is 6.92 Å². The second-order valence-electron chi connectivity index (χ2n) is 3.18. The van der Waals surface area contributed by atoms with E-state index in [0.29, 0.717) is 10.9 Å². The van der Waals surface area contributed by atoms with E-state index < -0.39 is 0 Å². The largest absolute Gasteiger partial charge is 0.303 e. The Morgan fingerprint density at radius 1 is 1.64 bits per heavy atom. The van der Waals surface area contributed by atoms with Crippen LogP contribution in [0.5, 0.6) is 0 Å². The molecule has 0 atom stereocenters. The number of thioether (sulfide) groups is 1. The first-order valence-electron chi connectivity index (χ1n) is 4.76. The highest BCUT2D eigenvalue weighted by atomic mass is 32.2. The maximum absolute atomic E-state index is 10.8. The van der Waals surface area contributed by atoms with Crippen molar-refractivity contribution in [2.75, 3.05) is 5.75 Å². The zero-order chi connectivity index (χ0) is 10.4. The Morgan fingerprint density at radius 2 is 2.43 bits per heavy atom.